The Balaban J connectivity index is 1.81. The molecule has 1 aromatic rings. The lowest BCUT2D eigenvalue weighted by Gasteiger charge is -2.21. The molecule has 0 aromatic carbocycles. The normalized spacial score (nSPS) is 21.9. The van der Waals surface area contributed by atoms with E-state index in [0.29, 0.717) is 9.90 Å². The summed E-state index contributed by atoms with van der Waals surface area (Å²) in [5.41, 5.74) is 1.17. The third kappa shape index (κ3) is 5.69. The molecule has 2 heterocycles. The van der Waals surface area contributed by atoms with Crippen LogP contribution in [0.25, 0.3) is 0 Å². The van der Waals surface area contributed by atoms with E-state index in [2.05, 4.69) is 29.5 Å². The number of nitrogens with one attached hydrogen (secondary N) is 2. The van der Waals surface area contributed by atoms with Gasteiger partial charge in [0, 0.05) is 24.0 Å². The second-order valence-corrected chi connectivity index (χ2v) is 7.83. The third-order valence-electron chi connectivity index (χ3n) is 3.71. The molecule has 2 N–H and O–H groups in total. The quantitative estimate of drug-likeness (QED) is 0.474. The molecule has 1 saturated heterocycles. The zero-order valence-electron chi connectivity index (χ0n) is 13.4. The van der Waals surface area contributed by atoms with Gasteiger partial charge in [0.2, 0.25) is 0 Å². The summed E-state index contributed by atoms with van der Waals surface area (Å²) >= 11 is 7.84. The predicted octanol–water partition coefficient (Wildman–Crippen LogP) is 3.12. The summed E-state index contributed by atoms with van der Waals surface area (Å²) in [4.78, 5) is 8.85. The van der Waals surface area contributed by atoms with E-state index < -0.39 is 0 Å². The first-order valence-electron chi connectivity index (χ1n) is 7.88. The lowest BCUT2D eigenvalue weighted by Crippen LogP contribution is -2.39. The Morgan fingerprint density at radius 3 is 2.95 bits per heavy atom. The molecular formula is C16H25ClN4S. The molecule has 1 atom stereocenters. The molecule has 2 rings (SSSR count). The van der Waals surface area contributed by atoms with E-state index in [0.717, 1.165) is 32.0 Å². The number of thioether (sulfide) groups is 1. The van der Waals surface area contributed by atoms with Crippen LogP contribution in [-0.2, 0) is 6.42 Å². The maximum Gasteiger partial charge on any atom is 0.191 e. The molecule has 0 bridgehead atoms. The van der Waals surface area contributed by atoms with Crippen LogP contribution in [0.5, 0.6) is 0 Å². The molecule has 1 aliphatic heterocycles. The van der Waals surface area contributed by atoms with Gasteiger partial charge in [-0.25, -0.2) is 4.98 Å². The van der Waals surface area contributed by atoms with E-state index in [1.165, 1.54) is 24.2 Å². The van der Waals surface area contributed by atoms with Gasteiger partial charge in [-0.1, -0.05) is 17.7 Å². The molecule has 0 amide bonds. The summed E-state index contributed by atoms with van der Waals surface area (Å²) in [6, 6.07) is 3.84. The standard InChI is InChI=1S/C16H25ClN4S/c1-3-18-15(21-12-16(2)8-4-10-22-16)19-9-7-13-5-6-14(17)20-11-13/h5-6,11H,3-4,7-10,12H2,1-2H3,(H2,18,19,21). The van der Waals surface area contributed by atoms with E-state index in [1.54, 1.807) is 0 Å². The second kappa shape index (κ2) is 8.63. The van der Waals surface area contributed by atoms with Crippen molar-refractivity contribution >= 4 is 29.3 Å². The van der Waals surface area contributed by atoms with Gasteiger partial charge >= 0.3 is 0 Å². The number of aromatic nitrogens is 1. The number of rotatable bonds is 6. The molecule has 4 nitrogen and oxygen atoms in total. The fourth-order valence-corrected chi connectivity index (χ4v) is 3.77. The lowest BCUT2D eigenvalue weighted by atomic mass is 10.1. The maximum absolute atomic E-state index is 5.80. The lowest BCUT2D eigenvalue weighted by molar-refractivity contribution is 0.614. The molecule has 122 valence electrons. The Morgan fingerprint density at radius 2 is 2.32 bits per heavy atom. The van der Waals surface area contributed by atoms with Crippen LogP contribution in [-0.4, -0.2) is 41.1 Å². The zero-order chi connectivity index (χ0) is 15.8. The van der Waals surface area contributed by atoms with Crippen LogP contribution >= 0.6 is 23.4 Å². The number of halogens is 1. The molecule has 22 heavy (non-hydrogen) atoms. The van der Waals surface area contributed by atoms with Gasteiger partial charge in [-0.3, -0.25) is 4.99 Å². The Labute approximate surface area is 142 Å². The molecular weight excluding hydrogens is 316 g/mol. The van der Waals surface area contributed by atoms with Crippen LogP contribution in [0.2, 0.25) is 5.15 Å². The van der Waals surface area contributed by atoms with Crippen LogP contribution in [0.15, 0.2) is 23.3 Å². The van der Waals surface area contributed by atoms with Gasteiger partial charge in [0.25, 0.3) is 0 Å². The highest BCUT2D eigenvalue weighted by atomic mass is 35.5. The van der Waals surface area contributed by atoms with Crippen molar-refractivity contribution < 1.29 is 0 Å². The van der Waals surface area contributed by atoms with Gasteiger partial charge in [-0.05, 0) is 50.5 Å². The Morgan fingerprint density at radius 1 is 1.45 bits per heavy atom. The van der Waals surface area contributed by atoms with Gasteiger partial charge < -0.3 is 10.6 Å². The van der Waals surface area contributed by atoms with Crippen molar-refractivity contribution in [3.05, 3.63) is 29.0 Å². The van der Waals surface area contributed by atoms with Crippen molar-refractivity contribution in [2.75, 3.05) is 25.4 Å². The van der Waals surface area contributed by atoms with Crippen LogP contribution < -0.4 is 10.6 Å². The average Bonchev–Trinajstić information content (AvgIpc) is 2.94. The monoisotopic (exact) mass is 340 g/mol. The number of hydrogen-bond acceptors (Lipinski definition) is 3. The fourth-order valence-electron chi connectivity index (χ4n) is 2.43. The summed E-state index contributed by atoms with van der Waals surface area (Å²) in [5, 5.41) is 7.24. The van der Waals surface area contributed by atoms with Crippen molar-refractivity contribution in [3.63, 3.8) is 0 Å². The van der Waals surface area contributed by atoms with Crippen LogP contribution in [0.4, 0.5) is 0 Å². The highest BCUT2D eigenvalue weighted by molar-refractivity contribution is 8.00. The highest BCUT2D eigenvalue weighted by Crippen LogP contribution is 2.37. The molecule has 0 spiro atoms. The van der Waals surface area contributed by atoms with Crippen molar-refractivity contribution in [2.24, 2.45) is 4.99 Å². The fraction of sp³-hybridized carbons (Fsp3) is 0.625. The number of nitrogens with zero attached hydrogens (tertiary/aromatic N) is 2. The maximum atomic E-state index is 5.80. The zero-order valence-corrected chi connectivity index (χ0v) is 14.9. The van der Waals surface area contributed by atoms with Gasteiger partial charge in [-0.15, -0.1) is 0 Å². The summed E-state index contributed by atoms with van der Waals surface area (Å²) in [7, 11) is 0. The van der Waals surface area contributed by atoms with Crippen LogP contribution in [0.1, 0.15) is 32.3 Å². The smallest absolute Gasteiger partial charge is 0.191 e. The first-order valence-corrected chi connectivity index (χ1v) is 9.24. The van der Waals surface area contributed by atoms with E-state index in [9.17, 15) is 0 Å². The molecule has 1 aromatic heterocycles. The Hall–Kier alpha value is -0.940. The van der Waals surface area contributed by atoms with Crippen LogP contribution in [0, 0.1) is 0 Å². The summed E-state index contributed by atoms with van der Waals surface area (Å²) in [6.07, 6.45) is 5.30. The van der Waals surface area contributed by atoms with Gasteiger partial charge in [0.1, 0.15) is 5.15 Å². The third-order valence-corrected chi connectivity index (χ3v) is 5.46. The molecule has 0 saturated carbocycles. The largest absolute Gasteiger partial charge is 0.357 e. The van der Waals surface area contributed by atoms with E-state index in [4.69, 9.17) is 16.6 Å². The van der Waals surface area contributed by atoms with E-state index >= 15 is 0 Å². The molecule has 0 aliphatic carbocycles. The molecule has 1 aliphatic rings. The minimum absolute atomic E-state index is 0.308. The van der Waals surface area contributed by atoms with E-state index in [1.807, 2.05) is 30.1 Å². The summed E-state index contributed by atoms with van der Waals surface area (Å²) < 4.78 is 0.308. The SMILES string of the molecule is CCNC(=NCC1(C)CCCS1)NCCc1ccc(Cl)nc1. The van der Waals surface area contributed by atoms with Gasteiger partial charge in [-0.2, -0.15) is 11.8 Å². The van der Waals surface area contributed by atoms with Gasteiger partial charge in [0.15, 0.2) is 5.96 Å². The van der Waals surface area contributed by atoms with E-state index in [-0.39, 0.29) is 0 Å². The molecule has 0 radical (unpaired) electrons. The predicted molar refractivity (Wildman–Crippen MR) is 97.0 cm³/mol. The van der Waals surface area contributed by atoms with Crippen LogP contribution in [0.3, 0.4) is 0 Å². The summed E-state index contributed by atoms with van der Waals surface area (Å²) in [6.45, 7) is 6.98. The number of hydrogen-bond donors (Lipinski definition) is 2. The minimum Gasteiger partial charge on any atom is -0.357 e. The number of pyridine rings is 1. The highest BCUT2D eigenvalue weighted by Gasteiger charge is 2.29. The van der Waals surface area contributed by atoms with Crippen molar-refractivity contribution in [2.45, 2.75) is 37.9 Å². The molecule has 6 heteroatoms. The number of guanidine groups is 1. The first-order chi connectivity index (χ1) is 10.6. The minimum atomic E-state index is 0.308. The topological polar surface area (TPSA) is 49.3 Å². The van der Waals surface area contributed by atoms with Crippen molar-refractivity contribution in [1.29, 1.82) is 0 Å². The van der Waals surface area contributed by atoms with Crippen molar-refractivity contribution in [3.8, 4) is 0 Å². The average molecular weight is 341 g/mol. The van der Waals surface area contributed by atoms with Gasteiger partial charge in [0.05, 0.1) is 6.54 Å². The second-order valence-electron chi connectivity index (χ2n) is 5.76. The Bertz CT molecular complexity index is 483. The summed E-state index contributed by atoms with van der Waals surface area (Å²) in [5.74, 6) is 2.16. The molecule has 1 unspecified atom stereocenters. The molecule has 1 fully saturated rings. The number of aliphatic imine (C=N–C) groups is 1. The van der Waals surface area contributed by atoms with Crippen molar-refractivity contribution in [1.82, 2.24) is 15.6 Å². The first kappa shape index (κ1) is 17.4. The Kier molecular flexibility index (Phi) is 6.83.